The van der Waals surface area contributed by atoms with E-state index in [9.17, 15) is 18.0 Å². The number of benzene rings is 3. The van der Waals surface area contributed by atoms with Gasteiger partial charge in [0.25, 0.3) is 15.9 Å². The number of fused-ring (bicyclic) bond motifs is 1. The molecule has 2 N–H and O–H groups in total. The van der Waals surface area contributed by atoms with Gasteiger partial charge in [-0.2, -0.15) is 0 Å². The van der Waals surface area contributed by atoms with Gasteiger partial charge in [0.15, 0.2) is 6.61 Å². The second kappa shape index (κ2) is 10.1. The molecular weight excluding hydrogens is 472 g/mol. The fourth-order valence-corrected chi connectivity index (χ4v) is 5.49. The molecule has 0 saturated carbocycles. The first-order valence-electron chi connectivity index (χ1n) is 10.4. The average molecular weight is 495 g/mol. The van der Waals surface area contributed by atoms with Crippen LogP contribution in [0.5, 0.6) is 0 Å². The van der Waals surface area contributed by atoms with Crippen LogP contribution in [0.1, 0.15) is 28.9 Å². The zero-order chi connectivity index (χ0) is 24.1. The van der Waals surface area contributed by atoms with Crippen LogP contribution in [0.25, 0.3) is 10.8 Å². The standard InChI is InChI=1S/C25H22N2O5S2/c1-17(19-13-12-18-7-2-3-8-20(18)15-19)26-23(28)16-32-25(29)21-9-4-5-10-22(21)27-34(30,31)24-11-6-14-33-24/h2-15,17,27H,16H2,1H3,(H,26,28). The molecule has 1 atom stereocenters. The lowest BCUT2D eigenvalue weighted by Crippen LogP contribution is -2.31. The van der Waals surface area contributed by atoms with E-state index in [0.717, 1.165) is 27.7 Å². The van der Waals surface area contributed by atoms with E-state index in [4.69, 9.17) is 4.74 Å². The first-order chi connectivity index (χ1) is 16.3. The molecule has 0 aliphatic rings. The largest absolute Gasteiger partial charge is 0.452 e. The predicted octanol–water partition coefficient (Wildman–Crippen LogP) is 4.74. The summed E-state index contributed by atoms with van der Waals surface area (Å²) in [5, 5.41) is 6.63. The van der Waals surface area contributed by atoms with Crippen molar-refractivity contribution >= 4 is 49.7 Å². The van der Waals surface area contributed by atoms with Crippen LogP contribution in [0.2, 0.25) is 0 Å². The number of thiophene rings is 1. The molecule has 0 bridgehead atoms. The summed E-state index contributed by atoms with van der Waals surface area (Å²) < 4.78 is 32.7. The minimum Gasteiger partial charge on any atom is -0.452 e. The molecule has 0 radical (unpaired) electrons. The summed E-state index contributed by atoms with van der Waals surface area (Å²) in [6.07, 6.45) is 0. The Labute approximate surface area is 201 Å². The first-order valence-corrected chi connectivity index (χ1v) is 12.8. The van der Waals surface area contributed by atoms with Crippen LogP contribution in [-0.2, 0) is 19.6 Å². The topological polar surface area (TPSA) is 102 Å². The minimum atomic E-state index is -3.84. The van der Waals surface area contributed by atoms with Gasteiger partial charge in [-0.05, 0) is 52.9 Å². The highest BCUT2D eigenvalue weighted by atomic mass is 32.2. The molecule has 174 valence electrons. The molecule has 0 saturated heterocycles. The highest BCUT2D eigenvalue weighted by Crippen LogP contribution is 2.24. The van der Waals surface area contributed by atoms with Gasteiger partial charge in [-0.25, -0.2) is 13.2 Å². The van der Waals surface area contributed by atoms with Crippen LogP contribution in [0.15, 0.2) is 88.5 Å². The third-order valence-electron chi connectivity index (χ3n) is 5.14. The van der Waals surface area contributed by atoms with Gasteiger partial charge in [0.05, 0.1) is 17.3 Å². The molecule has 0 aliphatic heterocycles. The van der Waals surface area contributed by atoms with Crippen molar-refractivity contribution in [1.29, 1.82) is 0 Å². The van der Waals surface area contributed by atoms with E-state index in [1.54, 1.807) is 23.6 Å². The van der Waals surface area contributed by atoms with Crippen LogP contribution >= 0.6 is 11.3 Å². The Morgan fingerprint density at radius 2 is 1.68 bits per heavy atom. The van der Waals surface area contributed by atoms with Gasteiger partial charge >= 0.3 is 5.97 Å². The second-order valence-corrected chi connectivity index (χ2v) is 10.4. The lowest BCUT2D eigenvalue weighted by molar-refractivity contribution is -0.124. The van der Waals surface area contributed by atoms with Gasteiger partial charge in [0.2, 0.25) is 0 Å². The number of carbonyl (C=O) groups excluding carboxylic acids is 2. The number of rotatable bonds is 8. The van der Waals surface area contributed by atoms with Gasteiger partial charge in [-0.15, -0.1) is 11.3 Å². The van der Waals surface area contributed by atoms with E-state index in [2.05, 4.69) is 10.0 Å². The number of para-hydroxylation sites is 1. The van der Waals surface area contributed by atoms with E-state index in [1.165, 1.54) is 18.2 Å². The van der Waals surface area contributed by atoms with Crippen molar-refractivity contribution in [2.75, 3.05) is 11.3 Å². The maximum atomic E-state index is 12.6. The van der Waals surface area contributed by atoms with Crippen molar-refractivity contribution in [2.24, 2.45) is 0 Å². The van der Waals surface area contributed by atoms with Crippen LogP contribution in [0.4, 0.5) is 5.69 Å². The van der Waals surface area contributed by atoms with E-state index < -0.39 is 28.5 Å². The van der Waals surface area contributed by atoms with Crippen molar-refractivity contribution in [3.05, 3.63) is 95.4 Å². The summed E-state index contributed by atoms with van der Waals surface area (Å²) in [4.78, 5) is 25.0. The van der Waals surface area contributed by atoms with Crippen LogP contribution in [0.3, 0.4) is 0 Å². The molecule has 4 aromatic rings. The molecule has 9 heteroatoms. The van der Waals surface area contributed by atoms with E-state index in [0.29, 0.717) is 0 Å². The molecule has 0 fully saturated rings. The van der Waals surface area contributed by atoms with E-state index in [1.807, 2.05) is 49.4 Å². The minimum absolute atomic E-state index is 0.0120. The number of esters is 1. The summed E-state index contributed by atoms with van der Waals surface area (Å²) in [5.41, 5.74) is 1.01. The number of carbonyl (C=O) groups is 2. The number of hydrogen-bond acceptors (Lipinski definition) is 6. The fraction of sp³-hybridized carbons (Fsp3) is 0.120. The molecule has 3 aromatic carbocycles. The average Bonchev–Trinajstić information content (AvgIpc) is 3.38. The molecule has 1 heterocycles. The number of sulfonamides is 1. The van der Waals surface area contributed by atoms with Crippen molar-refractivity contribution in [3.63, 3.8) is 0 Å². The highest BCUT2D eigenvalue weighted by molar-refractivity contribution is 7.94. The molecule has 34 heavy (non-hydrogen) atoms. The first kappa shape index (κ1) is 23.5. The normalized spacial score (nSPS) is 12.1. The molecular formula is C25H22N2O5S2. The Balaban J connectivity index is 1.38. The number of ether oxygens (including phenoxy) is 1. The number of nitrogens with one attached hydrogen (secondary N) is 2. The van der Waals surface area contributed by atoms with Crippen molar-refractivity contribution in [1.82, 2.24) is 5.32 Å². The van der Waals surface area contributed by atoms with Gasteiger partial charge < -0.3 is 10.1 Å². The smallest absolute Gasteiger partial charge is 0.340 e. The Hall–Kier alpha value is -3.69. The Kier molecular flexibility index (Phi) is 6.95. The van der Waals surface area contributed by atoms with Crippen LogP contribution in [-0.4, -0.2) is 26.9 Å². The van der Waals surface area contributed by atoms with Crippen molar-refractivity contribution < 1.29 is 22.7 Å². The third-order valence-corrected chi connectivity index (χ3v) is 7.90. The molecule has 0 spiro atoms. The Morgan fingerprint density at radius 1 is 0.941 bits per heavy atom. The second-order valence-electron chi connectivity index (χ2n) is 7.56. The van der Waals surface area contributed by atoms with E-state index in [-0.39, 0.29) is 21.5 Å². The molecule has 4 rings (SSSR count). The maximum absolute atomic E-state index is 12.6. The number of amides is 1. The molecule has 0 aliphatic carbocycles. The SMILES string of the molecule is CC(NC(=O)COC(=O)c1ccccc1NS(=O)(=O)c1cccs1)c1ccc2ccccc2c1. The number of anilines is 1. The quantitative estimate of drug-likeness (QED) is 0.345. The monoisotopic (exact) mass is 494 g/mol. The van der Waals surface area contributed by atoms with Gasteiger partial charge in [-0.3, -0.25) is 9.52 Å². The van der Waals surface area contributed by atoms with E-state index >= 15 is 0 Å². The zero-order valence-electron chi connectivity index (χ0n) is 18.2. The Morgan fingerprint density at radius 3 is 2.44 bits per heavy atom. The van der Waals surface area contributed by atoms with Gasteiger partial charge in [-0.1, -0.05) is 54.6 Å². The Bertz CT molecular complexity index is 1430. The summed E-state index contributed by atoms with van der Waals surface area (Å²) in [5.74, 6) is -1.27. The maximum Gasteiger partial charge on any atom is 0.340 e. The zero-order valence-corrected chi connectivity index (χ0v) is 19.9. The fourth-order valence-electron chi connectivity index (χ4n) is 3.41. The van der Waals surface area contributed by atoms with Crippen LogP contribution < -0.4 is 10.0 Å². The lowest BCUT2D eigenvalue weighted by Gasteiger charge is -2.16. The molecule has 1 amide bonds. The van der Waals surface area contributed by atoms with Gasteiger partial charge in [0.1, 0.15) is 4.21 Å². The highest BCUT2D eigenvalue weighted by Gasteiger charge is 2.21. The summed E-state index contributed by atoms with van der Waals surface area (Å²) >= 11 is 1.06. The van der Waals surface area contributed by atoms with Gasteiger partial charge in [0, 0.05) is 0 Å². The van der Waals surface area contributed by atoms with Crippen molar-refractivity contribution in [3.8, 4) is 0 Å². The summed E-state index contributed by atoms with van der Waals surface area (Å²) in [6, 6.07) is 22.7. The summed E-state index contributed by atoms with van der Waals surface area (Å²) in [6.45, 7) is 1.35. The lowest BCUT2D eigenvalue weighted by atomic mass is 10.0. The number of hydrogen-bond donors (Lipinski definition) is 2. The molecule has 7 nitrogen and oxygen atoms in total. The molecule has 1 unspecified atom stereocenters. The summed E-state index contributed by atoms with van der Waals surface area (Å²) in [7, 11) is -3.84. The van der Waals surface area contributed by atoms with Crippen molar-refractivity contribution in [2.45, 2.75) is 17.2 Å². The third kappa shape index (κ3) is 5.44. The molecule has 1 aromatic heterocycles. The predicted molar refractivity (Wildman–Crippen MR) is 132 cm³/mol. The van der Waals surface area contributed by atoms with Crippen LogP contribution in [0, 0.1) is 0 Å².